The summed E-state index contributed by atoms with van der Waals surface area (Å²) in [5.41, 5.74) is 4.29. The Morgan fingerprint density at radius 1 is 1.24 bits per heavy atom. The molecule has 0 unspecified atom stereocenters. The van der Waals surface area contributed by atoms with Crippen molar-refractivity contribution in [3.05, 3.63) is 64.3 Å². The van der Waals surface area contributed by atoms with Crippen LogP contribution in [0.15, 0.2) is 40.9 Å². The van der Waals surface area contributed by atoms with Crippen molar-refractivity contribution in [2.45, 2.75) is 39.7 Å². The number of amides is 1. The van der Waals surface area contributed by atoms with Gasteiger partial charge in [0.25, 0.3) is 0 Å². The maximum Gasteiger partial charge on any atom is 0.227 e. The molecule has 11 heteroatoms. The van der Waals surface area contributed by atoms with Crippen molar-refractivity contribution in [3.63, 3.8) is 0 Å². The van der Waals surface area contributed by atoms with Crippen LogP contribution >= 0.6 is 11.6 Å². The number of hydrogen-bond acceptors (Lipinski definition) is 6. The lowest BCUT2D eigenvalue weighted by atomic mass is 9.99. The van der Waals surface area contributed by atoms with E-state index in [1.807, 2.05) is 32.0 Å². The van der Waals surface area contributed by atoms with E-state index in [0.717, 1.165) is 16.8 Å². The fourth-order valence-electron chi connectivity index (χ4n) is 4.56. The normalized spacial score (nSPS) is 17.1. The van der Waals surface area contributed by atoms with Crippen LogP contribution in [0.3, 0.4) is 0 Å². The molecule has 0 saturated carbocycles. The van der Waals surface area contributed by atoms with Crippen LogP contribution in [-0.2, 0) is 21.2 Å². The van der Waals surface area contributed by atoms with Crippen molar-refractivity contribution in [1.82, 2.24) is 9.46 Å². The van der Waals surface area contributed by atoms with Crippen molar-refractivity contribution in [2.24, 2.45) is 5.92 Å². The molecule has 1 fully saturated rings. The number of benzene rings is 2. The zero-order chi connectivity index (χ0) is 26.9. The van der Waals surface area contributed by atoms with Crippen LogP contribution in [0.4, 0.5) is 15.8 Å². The summed E-state index contributed by atoms with van der Waals surface area (Å²) in [5, 5.41) is 10.5. The van der Waals surface area contributed by atoms with Gasteiger partial charge in [-0.2, -0.15) is 0 Å². The number of carbonyl (C=O) groups excluding carboxylic acids is 1. The maximum atomic E-state index is 13.9. The van der Waals surface area contributed by atoms with Gasteiger partial charge in [0.1, 0.15) is 11.6 Å². The standard InChI is InChI=1S/C26H30ClFN4O4S/c1-15(11-18-5-7-21(27)22(28)12-18)26(33)30-24-13-19(25-16(2)31-36-17(25)3)6-8-23(24)29-20-9-10-32(14-20)37(4,34)35/h5-8,12-13,15,20,29H,9-11,14H2,1-4H3,(H,30,33)/t15-,20+/m0/s1. The molecule has 0 bridgehead atoms. The first-order valence-electron chi connectivity index (χ1n) is 12.0. The zero-order valence-electron chi connectivity index (χ0n) is 21.1. The quantitative estimate of drug-likeness (QED) is 0.410. The van der Waals surface area contributed by atoms with Gasteiger partial charge in [-0.3, -0.25) is 4.79 Å². The van der Waals surface area contributed by atoms with Gasteiger partial charge in [0.05, 0.1) is 28.3 Å². The van der Waals surface area contributed by atoms with E-state index in [-0.39, 0.29) is 17.0 Å². The van der Waals surface area contributed by atoms with Gasteiger partial charge in [0.2, 0.25) is 15.9 Å². The fraction of sp³-hybridized carbons (Fsp3) is 0.385. The molecule has 1 saturated heterocycles. The first-order chi connectivity index (χ1) is 17.4. The molecule has 37 heavy (non-hydrogen) atoms. The molecule has 2 aromatic carbocycles. The monoisotopic (exact) mass is 548 g/mol. The Labute approximate surface area is 221 Å². The summed E-state index contributed by atoms with van der Waals surface area (Å²) in [4.78, 5) is 13.2. The molecule has 1 aromatic heterocycles. The Hall–Kier alpha value is -2.95. The molecule has 1 aliphatic rings. The van der Waals surface area contributed by atoms with Crippen LogP contribution in [-0.4, -0.2) is 49.2 Å². The van der Waals surface area contributed by atoms with Gasteiger partial charge in [-0.1, -0.05) is 35.8 Å². The lowest BCUT2D eigenvalue weighted by Crippen LogP contribution is -2.31. The van der Waals surface area contributed by atoms with E-state index in [1.54, 1.807) is 13.0 Å². The van der Waals surface area contributed by atoms with Crippen molar-refractivity contribution in [1.29, 1.82) is 0 Å². The molecule has 198 valence electrons. The molecule has 4 rings (SSSR count). The van der Waals surface area contributed by atoms with Gasteiger partial charge in [0.15, 0.2) is 0 Å². The van der Waals surface area contributed by atoms with Gasteiger partial charge in [-0.25, -0.2) is 17.1 Å². The molecule has 0 aliphatic carbocycles. The maximum absolute atomic E-state index is 13.9. The van der Waals surface area contributed by atoms with Crippen LogP contribution in [0.25, 0.3) is 11.1 Å². The van der Waals surface area contributed by atoms with E-state index in [4.69, 9.17) is 16.1 Å². The molecule has 1 amide bonds. The molecule has 8 nitrogen and oxygen atoms in total. The van der Waals surface area contributed by atoms with Crippen LogP contribution in [0.2, 0.25) is 5.02 Å². The van der Waals surface area contributed by atoms with Gasteiger partial charge < -0.3 is 15.2 Å². The molecule has 3 aromatic rings. The number of nitrogens with zero attached hydrogens (tertiary/aromatic N) is 2. The Bertz CT molecular complexity index is 1410. The molecule has 1 aliphatic heterocycles. The minimum absolute atomic E-state index is 0.0362. The number of aromatic nitrogens is 1. The Kier molecular flexibility index (Phi) is 7.91. The zero-order valence-corrected chi connectivity index (χ0v) is 22.7. The second-order valence-electron chi connectivity index (χ2n) is 9.55. The van der Waals surface area contributed by atoms with Crippen molar-refractivity contribution >= 4 is 38.9 Å². The largest absolute Gasteiger partial charge is 0.379 e. The minimum Gasteiger partial charge on any atom is -0.379 e. The number of aryl methyl sites for hydroxylation is 2. The summed E-state index contributed by atoms with van der Waals surface area (Å²) in [7, 11) is -3.28. The minimum atomic E-state index is -3.28. The van der Waals surface area contributed by atoms with E-state index in [1.165, 1.54) is 22.7 Å². The molecule has 2 heterocycles. The molecule has 0 radical (unpaired) electrons. The van der Waals surface area contributed by atoms with Crippen molar-refractivity contribution in [2.75, 3.05) is 30.0 Å². The summed E-state index contributed by atoms with van der Waals surface area (Å²) in [5.74, 6) is -0.555. The summed E-state index contributed by atoms with van der Waals surface area (Å²) in [6.07, 6.45) is 2.18. The third kappa shape index (κ3) is 6.31. The summed E-state index contributed by atoms with van der Waals surface area (Å²) in [6, 6.07) is 10.0. The summed E-state index contributed by atoms with van der Waals surface area (Å²) in [6.45, 7) is 6.22. The fourth-order valence-corrected chi connectivity index (χ4v) is 5.57. The molecular formula is C26H30ClFN4O4S. The van der Waals surface area contributed by atoms with Crippen molar-refractivity contribution in [3.8, 4) is 11.1 Å². The average Bonchev–Trinajstić information content (AvgIpc) is 3.43. The van der Waals surface area contributed by atoms with Crippen LogP contribution in [0.5, 0.6) is 0 Å². The van der Waals surface area contributed by atoms with E-state index >= 15 is 0 Å². The van der Waals surface area contributed by atoms with Crippen molar-refractivity contribution < 1.29 is 22.1 Å². The second kappa shape index (κ2) is 10.8. The second-order valence-corrected chi connectivity index (χ2v) is 11.9. The highest BCUT2D eigenvalue weighted by Crippen LogP contribution is 2.34. The van der Waals surface area contributed by atoms with E-state index in [0.29, 0.717) is 48.6 Å². The highest BCUT2D eigenvalue weighted by molar-refractivity contribution is 7.88. The van der Waals surface area contributed by atoms with E-state index < -0.39 is 21.8 Å². The Morgan fingerprint density at radius 3 is 2.62 bits per heavy atom. The highest BCUT2D eigenvalue weighted by atomic mass is 35.5. The average molecular weight is 549 g/mol. The SMILES string of the molecule is Cc1noc(C)c1-c1ccc(N[C@@H]2CCN(S(C)(=O)=O)C2)c(NC(=O)[C@@H](C)Cc2ccc(Cl)c(F)c2)c1. The smallest absolute Gasteiger partial charge is 0.227 e. The predicted molar refractivity (Wildman–Crippen MR) is 143 cm³/mol. The number of nitrogens with one attached hydrogen (secondary N) is 2. The number of carbonyl (C=O) groups is 1. The third-order valence-corrected chi connectivity index (χ3v) is 8.13. The predicted octanol–water partition coefficient (Wildman–Crippen LogP) is 5.01. The number of sulfonamides is 1. The molecule has 2 atom stereocenters. The van der Waals surface area contributed by atoms with Crippen LogP contribution < -0.4 is 10.6 Å². The van der Waals surface area contributed by atoms with E-state index in [2.05, 4.69) is 15.8 Å². The van der Waals surface area contributed by atoms with E-state index in [9.17, 15) is 17.6 Å². The number of rotatable bonds is 8. The first kappa shape index (κ1) is 27.1. The Balaban J connectivity index is 1.58. The number of hydrogen-bond donors (Lipinski definition) is 2. The van der Waals surface area contributed by atoms with Gasteiger partial charge in [-0.05, 0) is 62.1 Å². The molecular weight excluding hydrogens is 519 g/mol. The molecule has 0 spiro atoms. The van der Waals surface area contributed by atoms with Gasteiger partial charge in [-0.15, -0.1) is 0 Å². The number of halogens is 2. The summed E-state index contributed by atoms with van der Waals surface area (Å²) >= 11 is 5.78. The lowest BCUT2D eigenvalue weighted by molar-refractivity contribution is -0.119. The summed E-state index contributed by atoms with van der Waals surface area (Å²) < 4.78 is 44.5. The van der Waals surface area contributed by atoms with Gasteiger partial charge >= 0.3 is 0 Å². The lowest BCUT2D eigenvalue weighted by Gasteiger charge is -2.20. The topological polar surface area (TPSA) is 105 Å². The Morgan fingerprint density at radius 2 is 2.00 bits per heavy atom. The third-order valence-electron chi connectivity index (χ3n) is 6.55. The number of anilines is 2. The first-order valence-corrected chi connectivity index (χ1v) is 14.2. The molecule has 2 N–H and O–H groups in total. The van der Waals surface area contributed by atoms with Crippen LogP contribution in [0.1, 0.15) is 30.4 Å². The van der Waals surface area contributed by atoms with Crippen LogP contribution in [0, 0.1) is 25.6 Å². The highest BCUT2D eigenvalue weighted by Gasteiger charge is 2.29. The van der Waals surface area contributed by atoms with Gasteiger partial charge in [0, 0.05) is 30.6 Å².